The Balaban J connectivity index is 1.84. The minimum absolute atomic E-state index is 0.105. The monoisotopic (exact) mass is 411 g/mol. The van der Waals surface area contributed by atoms with Gasteiger partial charge in [0.25, 0.3) is 5.91 Å². The Morgan fingerprint density at radius 1 is 1.52 bits per heavy atom. The van der Waals surface area contributed by atoms with Gasteiger partial charge in [0.1, 0.15) is 11.5 Å². The number of fused-ring (bicyclic) bond motifs is 1. The molecular formula is C16H18ClN5O4S. The van der Waals surface area contributed by atoms with E-state index in [0.29, 0.717) is 22.2 Å². The van der Waals surface area contributed by atoms with Gasteiger partial charge in [-0.25, -0.2) is 0 Å². The third kappa shape index (κ3) is 3.67. The summed E-state index contributed by atoms with van der Waals surface area (Å²) in [5, 5.41) is 17.7. The van der Waals surface area contributed by atoms with Gasteiger partial charge in [0.2, 0.25) is 5.91 Å². The number of primary amides is 1. The Labute approximate surface area is 163 Å². The van der Waals surface area contributed by atoms with E-state index >= 15 is 0 Å². The van der Waals surface area contributed by atoms with Crippen LogP contribution >= 0.6 is 22.9 Å². The van der Waals surface area contributed by atoms with Crippen LogP contribution in [0.5, 0.6) is 0 Å². The average molecular weight is 412 g/mol. The van der Waals surface area contributed by atoms with Crippen molar-refractivity contribution in [3.05, 3.63) is 36.8 Å². The largest absolute Gasteiger partial charge is 0.408 e. The summed E-state index contributed by atoms with van der Waals surface area (Å²) in [5.74, 6) is -1.04. The van der Waals surface area contributed by atoms with Crippen molar-refractivity contribution in [2.75, 3.05) is 5.32 Å². The van der Waals surface area contributed by atoms with Gasteiger partial charge in [0, 0.05) is 4.88 Å². The van der Waals surface area contributed by atoms with Gasteiger partial charge in [-0.3, -0.25) is 9.59 Å². The molecule has 0 spiro atoms. The number of hydrogen-bond donors (Lipinski definition) is 2. The van der Waals surface area contributed by atoms with Crippen molar-refractivity contribution in [3.63, 3.8) is 0 Å². The number of halogens is 1. The van der Waals surface area contributed by atoms with Gasteiger partial charge < -0.3 is 21.2 Å². The molecule has 9 nitrogen and oxygen atoms in total. The zero-order valence-corrected chi connectivity index (χ0v) is 16.3. The van der Waals surface area contributed by atoms with Crippen molar-refractivity contribution in [2.45, 2.75) is 39.7 Å². The van der Waals surface area contributed by atoms with E-state index in [1.807, 2.05) is 0 Å². The molecule has 0 bridgehead atoms. The molecule has 1 aliphatic carbocycles. The summed E-state index contributed by atoms with van der Waals surface area (Å²) in [4.78, 5) is 35.6. The van der Waals surface area contributed by atoms with Crippen LogP contribution in [0.1, 0.15) is 39.8 Å². The standard InChI is InChI=1S/C16H18ClN5O4S/c1-7-3-4-9-10(5-7)27-16(12(9)14(18)24)19-11(23)6-21-8(2)13(17)15(20-21)22(25)26/h7H,3-6H2,1-2H3,(H2,18,24)(H,19,23)/t7-/m0/s1. The summed E-state index contributed by atoms with van der Waals surface area (Å²) in [6.07, 6.45) is 2.56. The first kappa shape index (κ1) is 19.3. The number of hydrogen-bond acceptors (Lipinski definition) is 6. The molecule has 3 rings (SSSR count). The minimum Gasteiger partial charge on any atom is -0.365 e. The van der Waals surface area contributed by atoms with Crippen LogP contribution in [-0.4, -0.2) is 26.5 Å². The van der Waals surface area contributed by atoms with Gasteiger partial charge in [-0.1, -0.05) is 18.5 Å². The van der Waals surface area contributed by atoms with E-state index < -0.39 is 22.6 Å². The number of nitrogens with zero attached hydrogens (tertiary/aromatic N) is 3. The first-order chi connectivity index (χ1) is 12.7. The van der Waals surface area contributed by atoms with Gasteiger partial charge in [-0.2, -0.15) is 4.68 Å². The highest BCUT2D eigenvalue weighted by molar-refractivity contribution is 7.17. The predicted octanol–water partition coefficient (Wildman–Crippen LogP) is 2.68. The third-order valence-electron chi connectivity index (χ3n) is 4.59. The molecule has 0 saturated carbocycles. The highest BCUT2D eigenvalue weighted by Crippen LogP contribution is 2.39. The lowest BCUT2D eigenvalue weighted by molar-refractivity contribution is -0.389. The van der Waals surface area contributed by atoms with E-state index in [9.17, 15) is 19.7 Å². The van der Waals surface area contributed by atoms with E-state index in [1.165, 1.54) is 18.3 Å². The molecule has 0 aliphatic heterocycles. The molecule has 2 aromatic rings. The number of nitrogens with two attached hydrogens (primary N) is 1. The Morgan fingerprint density at radius 3 is 2.81 bits per heavy atom. The number of aromatic nitrogens is 2. The first-order valence-corrected chi connectivity index (χ1v) is 9.50. The number of anilines is 1. The van der Waals surface area contributed by atoms with Crippen LogP contribution < -0.4 is 11.1 Å². The normalized spacial score (nSPS) is 16.0. The fourth-order valence-electron chi connectivity index (χ4n) is 3.18. The van der Waals surface area contributed by atoms with Crippen molar-refractivity contribution in [1.29, 1.82) is 0 Å². The van der Waals surface area contributed by atoms with E-state index in [1.54, 1.807) is 0 Å². The van der Waals surface area contributed by atoms with Gasteiger partial charge in [0.15, 0.2) is 5.02 Å². The summed E-state index contributed by atoms with van der Waals surface area (Å²) in [6, 6.07) is 0. The van der Waals surface area contributed by atoms with Crippen molar-refractivity contribution in [3.8, 4) is 0 Å². The second kappa shape index (κ2) is 7.28. The summed E-state index contributed by atoms with van der Waals surface area (Å²) in [6.45, 7) is 3.41. The second-order valence-corrected chi connectivity index (χ2v) is 8.09. The number of amides is 2. The topological polar surface area (TPSA) is 133 Å². The zero-order valence-electron chi connectivity index (χ0n) is 14.7. The Kier molecular flexibility index (Phi) is 5.20. The highest BCUT2D eigenvalue weighted by Gasteiger charge is 2.28. The average Bonchev–Trinajstić information content (AvgIpc) is 3.06. The lowest BCUT2D eigenvalue weighted by atomic mass is 9.88. The SMILES string of the molecule is Cc1c(Cl)c([N+](=O)[O-])nn1CC(=O)Nc1sc2c(c1C(N)=O)CC[C@H](C)C2. The van der Waals surface area contributed by atoms with Crippen LogP contribution in [0.2, 0.25) is 5.02 Å². The Bertz CT molecular complexity index is 951. The molecule has 0 radical (unpaired) electrons. The third-order valence-corrected chi connectivity index (χ3v) is 6.21. The van der Waals surface area contributed by atoms with Crippen molar-refractivity contribution >= 4 is 45.6 Å². The van der Waals surface area contributed by atoms with E-state index in [2.05, 4.69) is 17.3 Å². The van der Waals surface area contributed by atoms with Crippen LogP contribution in [0.25, 0.3) is 0 Å². The minimum atomic E-state index is -0.705. The fraction of sp³-hybridized carbons (Fsp3) is 0.438. The lowest BCUT2D eigenvalue weighted by Crippen LogP contribution is -2.22. The molecule has 3 N–H and O–H groups in total. The highest BCUT2D eigenvalue weighted by atomic mass is 35.5. The number of nitrogens with one attached hydrogen (secondary N) is 1. The van der Waals surface area contributed by atoms with Crippen molar-refractivity contribution in [1.82, 2.24) is 9.78 Å². The number of nitro groups is 1. The maximum Gasteiger partial charge on any atom is 0.408 e. The molecule has 0 aromatic carbocycles. The molecule has 0 saturated heterocycles. The van der Waals surface area contributed by atoms with Crippen molar-refractivity contribution in [2.24, 2.45) is 11.7 Å². The molecule has 2 aromatic heterocycles. The van der Waals surface area contributed by atoms with Gasteiger partial charge in [0.05, 0.1) is 16.4 Å². The lowest BCUT2D eigenvalue weighted by Gasteiger charge is -2.18. The number of rotatable bonds is 5. The predicted molar refractivity (Wildman–Crippen MR) is 101 cm³/mol. The molecule has 0 fully saturated rings. The molecular weight excluding hydrogens is 394 g/mol. The summed E-state index contributed by atoms with van der Waals surface area (Å²) >= 11 is 7.24. The van der Waals surface area contributed by atoms with Crippen molar-refractivity contribution < 1.29 is 14.5 Å². The van der Waals surface area contributed by atoms with E-state index in [-0.39, 0.29) is 11.6 Å². The Morgan fingerprint density at radius 2 is 2.22 bits per heavy atom. The van der Waals surface area contributed by atoms with Gasteiger partial charge >= 0.3 is 5.82 Å². The molecule has 27 heavy (non-hydrogen) atoms. The Hall–Kier alpha value is -2.46. The van der Waals surface area contributed by atoms with Crippen LogP contribution in [0, 0.1) is 23.0 Å². The molecule has 11 heteroatoms. The molecule has 1 atom stereocenters. The van der Waals surface area contributed by atoms with E-state index in [0.717, 1.165) is 34.4 Å². The number of thiophene rings is 1. The van der Waals surface area contributed by atoms with Crippen LogP contribution in [-0.2, 0) is 24.2 Å². The molecule has 144 valence electrons. The van der Waals surface area contributed by atoms with Gasteiger partial charge in [-0.15, -0.1) is 11.3 Å². The van der Waals surface area contributed by atoms with Gasteiger partial charge in [-0.05, 0) is 42.6 Å². The van der Waals surface area contributed by atoms with Crippen LogP contribution in [0.15, 0.2) is 0 Å². The summed E-state index contributed by atoms with van der Waals surface area (Å²) in [5.41, 5.74) is 7.12. The first-order valence-electron chi connectivity index (χ1n) is 8.30. The van der Waals surface area contributed by atoms with Crippen LogP contribution in [0.3, 0.4) is 0 Å². The smallest absolute Gasteiger partial charge is 0.365 e. The maximum atomic E-state index is 12.4. The quantitative estimate of drug-likeness (QED) is 0.576. The molecule has 0 unspecified atom stereocenters. The summed E-state index contributed by atoms with van der Waals surface area (Å²) < 4.78 is 1.16. The molecule has 2 heterocycles. The second-order valence-electron chi connectivity index (χ2n) is 6.61. The number of carbonyl (C=O) groups excluding carboxylic acids is 2. The molecule has 2 amide bonds. The zero-order chi connectivity index (χ0) is 19.9. The maximum absolute atomic E-state index is 12.4. The molecule has 1 aliphatic rings. The summed E-state index contributed by atoms with van der Waals surface area (Å²) in [7, 11) is 0. The van der Waals surface area contributed by atoms with E-state index in [4.69, 9.17) is 17.3 Å². The number of carbonyl (C=O) groups is 2. The van der Waals surface area contributed by atoms with Crippen LogP contribution in [0.4, 0.5) is 10.8 Å². The fourth-order valence-corrected chi connectivity index (χ4v) is 4.82.